The fourth-order valence-corrected chi connectivity index (χ4v) is 2.24. The molecule has 0 atom stereocenters. The van der Waals surface area contributed by atoms with E-state index in [0.29, 0.717) is 0 Å². The van der Waals surface area contributed by atoms with Crippen LogP contribution in [0.3, 0.4) is 0 Å². The lowest BCUT2D eigenvalue weighted by molar-refractivity contribution is 0.319. The molecule has 0 spiro atoms. The van der Waals surface area contributed by atoms with E-state index in [1.54, 1.807) is 0 Å². The Hall–Kier alpha value is -1.58. The molecular formula is C15H18ClN3. The molecule has 0 amide bonds. The van der Waals surface area contributed by atoms with Crippen molar-refractivity contribution < 1.29 is 0 Å². The average Bonchev–Trinajstić information content (AvgIpc) is 2.38. The molecule has 0 fully saturated rings. The maximum absolute atomic E-state index is 5.99. The highest BCUT2D eigenvalue weighted by Crippen LogP contribution is 2.14. The second kappa shape index (κ2) is 6.55. The molecule has 0 bridgehead atoms. The van der Waals surface area contributed by atoms with Crippen molar-refractivity contribution in [2.45, 2.75) is 13.1 Å². The molecule has 0 saturated heterocycles. The fourth-order valence-electron chi connectivity index (χ4n) is 2.02. The molecule has 0 radical (unpaired) electrons. The van der Waals surface area contributed by atoms with Crippen LogP contribution in [0, 0.1) is 0 Å². The molecule has 0 aliphatic rings. The van der Waals surface area contributed by atoms with Crippen LogP contribution in [0.15, 0.2) is 42.6 Å². The topological polar surface area (TPSA) is 28.2 Å². The Kier molecular flexibility index (Phi) is 4.77. The number of nitrogens with one attached hydrogen (secondary N) is 1. The lowest BCUT2D eigenvalue weighted by Gasteiger charge is -2.17. The number of hydrogen-bond donors (Lipinski definition) is 1. The van der Waals surface area contributed by atoms with Crippen LogP contribution >= 0.6 is 11.6 Å². The predicted molar refractivity (Wildman–Crippen MR) is 80.4 cm³/mol. The first-order valence-electron chi connectivity index (χ1n) is 6.23. The van der Waals surface area contributed by atoms with E-state index in [9.17, 15) is 0 Å². The van der Waals surface area contributed by atoms with Gasteiger partial charge in [0.2, 0.25) is 0 Å². The molecule has 100 valence electrons. The number of benzene rings is 1. The quantitative estimate of drug-likeness (QED) is 0.906. The first-order valence-corrected chi connectivity index (χ1v) is 6.61. The van der Waals surface area contributed by atoms with Crippen LogP contribution in [0.25, 0.3) is 0 Å². The monoisotopic (exact) mass is 275 g/mol. The molecule has 3 nitrogen and oxygen atoms in total. The molecule has 1 heterocycles. The van der Waals surface area contributed by atoms with Crippen LogP contribution in [0.2, 0.25) is 5.02 Å². The molecule has 2 rings (SSSR count). The van der Waals surface area contributed by atoms with Crippen LogP contribution in [-0.4, -0.2) is 24.0 Å². The lowest BCUT2D eigenvalue weighted by Crippen LogP contribution is -2.17. The number of pyridine rings is 1. The molecular weight excluding hydrogens is 258 g/mol. The summed E-state index contributed by atoms with van der Waals surface area (Å²) >= 11 is 5.99. The standard InChI is InChI=1S/C15H18ClN3/c1-17-15-9-13(6-7-18-15)11-19(2)10-12-4-3-5-14(16)8-12/h3-9H,10-11H2,1-2H3,(H,17,18). The van der Waals surface area contributed by atoms with Crippen LogP contribution < -0.4 is 5.32 Å². The highest BCUT2D eigenvalue weighted by molar-refractivity contribution is 6.30. The number of anilines is 1. The third-order valence-corrected chi connectivity index (χ3v) is 3.11. The first-order chi connectivity index (χ1) is 9.17. The SMILES string of the molecule is CNc1cc(CN(C)Cc2cccc(Cl)c2)ccn1. The summed E-state index contributed by atoms with van der Waals surface area (Å²) in [6.07, 6.45) is 1.83. The third kappa shape index (κ3) is 4.23. The summed E-state index contributed by atoms with van der Waals surface area (Å²) in [5.74, 6) is 0.897. The number of aromatic nitrogens is 1. The van der Waals surface area contributed by atoms with Gasteiger partial charge in [0.25, 0.3) is 0 Å². The van der Waals surface area contributed by atoms with Crippen molar-refractivity contribution in [2.75, 3.05) is 19.4 Å². The van der Waals surface area contributed by atoms with Crippen LogP contribution in [0.5, 0.6) is 0 Å². The van der Waals surface area contributed by atoms with Crippen LogP contribution in [0.4, 0.5) is 5.82 Å². The average molecular weight is 276 g/mol. The van der Waals surface area contributed by atoms with Gasteiger partial charge >= 0.3 is 0 Å². The van der Waals surface area contributed by atoms with E-state index < -0.39 is 0 Å². The number of halogens is 1. The van der Waals surface area contributed by atoms with E-state index in [2.05, 4.69) is 34.4 Å². The van der Waals surface area contributed by atoms with Gasteiger partial charge in [0.1, 0.15) is 5.82 Å². The summed E-state index contributed by atoms with van der Waals surface area (Å²) < 4.78 is 0. The van der Waals surface area contributed by atoms with E-state index in [1.807, 2.05) is 37.5 Å². The summed E-state index contributed by atoms with van der Waals surface area (Å²) in [4.78, 5) is 6.46. The number of rotatable bonds is 5. The van der Waals surface area contributed by atoms with Crippen molar-refractivity contribution in [3.8, 4) is 0 Å². The van der Waals surface area contributed by atoms with Crippen molar-refractivity contribution in [1.82, 2.24) is 9.88 Å². The molecule has 19 heavy (non-hydrogen) atoms. The minimum Gasteiger partial charge on any atom is -0.373 e. The minimum atomic E-state index is 0.785. The Bertz CT molecular complexity index is 542. The van der Waals surface area contributed by atoms with E-state index in [1.165, 1.54) is 11.1 Å². The summed E-state index contributed by atoms with van der Waals surface area (Å²) in [5.41, 5.74) is 2.46. The van der Waals surface area contributed by atoms with Gasteiger partial charge in [-0.3, -0.25) is 4.90 Å². The maximum Gasteiger partial charge on any atom is 0.125 e. The second-order valence-corrected chi connectivity index (χ2v) is 5.04. The number of nitrogens with zero attached hydrogens (tertiary/aromatic N) is 2. The van der Waals surface area contributed by atoms with E-state index in [0.717, 1.165) is 23.9 Å². The Morgan fingerprint density at radius 2 is 1.89 bits per heavy atom. The van der Waals surface area contributed by atoms with Crippen LogP contribution in [-0.2, 0) is 13.1 Å². The van der Waals surface area contributed by atoms with Gasteiger partial charge in [-0.15, -0.1) is 0 Å². The largest absolute Gasteiger partial charge is 0.373 e. The van der Waals surface area contributed by atoms with E-state index in [4.69, 9.17) is 11.6 Å². The summed E-state index contributed by atoms with van der Waals surface area (Å²) in [6.45, 7) is 1.75. The van der Waals surface area contributed by atoms with Crippen molar-refractivity contribution in [3.63, 3.8) is 0 Å². The highest BCUT2D eigenvalue weighted by Gasteiger charge is 2.03. The van der Waals surface area contributed by atoms with E-state index >= 15 is 0 Å². The van der Waals surface area contributed by atoms with Gasteiger partial charge in [0.15, 0.2) is 0 Å². The Morgan fingerprint density at radius 1 is 1.16 bits per heavy atom. The Balaban J connectivity index is 1.98. The number of hydrogen-bond acceptors (Lipinski definition) is 3. The van der Waals surface area contributed by atoms with Crippen molar-refractivity contribution in [2.24, 2.45) is 0 Å². The second-order valence-electron chi connectivity index (χ2n) is 4.60. The first kappa shape index (κ1) is 13.8. The van der Waals surface area contributed by atoms with Gasteiger partial charge in [-0.05, 0) is 42.4 Å². The molecule has 1 aromatic heterocycles. The Morgan fingerprint density at radius 3 is 2.58 bits per heavy atom. The summed E-state index contributed by atoms with van der Waals surface area (Å²) in [5, 5.41) is 3.84. The maximum atomic E-state index is 5.99. The zero-order valence-corrected chi connectivity index (χ0v) is 12.0. The molecule has 0 aliphatic heterocycles. The molecule has 0 unspecified atom stereocenters. The Labute approximate surface area is 119 Å². The van der Waals surface area contributed by atoms with Gasteiger partial charge in [-0.1, -0.05) is 23.7 Å². The normalized spacial score (nSPS) is 10.7. The molecule has 1 N–H and O–H groups in total. The molecule has 0 saturated carbocycles. The van der Waals surface area contributed by atoms with Gasteiger partial charge < -0.3 is 5.32 Å². The molecule has 0 aliphatic carbocycles. The van der Waals surface area contributed by atoms with Crippen molar-refractivity contribution in [1.29, 1.82) is 0 Å². The molecule has 4 heteroatoms. The van der Waals surface area contributed by atoms with Crippen LogP contribution in [0.1, 0.15) is 11.1 Å². The summed E-state index contributed by atoms with van der Waals surface area (Å²) in [6, 6.07) is 12.1. The third-order valence-electron chi connectivity index (χ3n) is 2.87. The zero-order chi connectivity index (χ0) is 13.7. The van der Waals surface area contributed by atoms with Crippen molar-refractivity contribution >= 4 is 17.4 Å². The molecule has 2 aromatic rings. The van der Waals surface area contributed by atoms with Gasteiger partial charge in [-0.2, -0.15) is 0 Å². The fraction of sp³-hybridized carbons (Fsp3) is 0.267. The van der Waals surface area contributed by atoms with Gasteiger partial charge in [0.05, 0.1) is 0 Å². The summed E-state index contributed by atoms with van der Waals surface area (Å²) in [7, 11) is 3.97. The highest BCUT2D eigenvalue weighted by atomic mass is 35.5. The van der Waals surface area contributed by atoms with E-state index in [-0.39, 0.29) is 0 Å². The van der Waals surface area contributed by atoms with Gasteiger partial charge in [-0.25, -0.2) is 4.98 Å². The molecule has 1 aromatic carbocycles. The predicted octanol–water partition coefficient (Wildman–Crippen LogP) is 3.41. The smallest absolute Gasteiger partial charge is 0.125 e. The van der Waals surface area contributed by atoms with Gasteiger partial charge in [0, 0.05) is 31.4 Å². The minimum absolute atomic E-state index is 0.785. The zero-order valence-electron chi connectivity index (χ0n) is 11.2. The van der Waals surface area contributed by atoms with Crippen molar-refractivity contribution in [3.05, 3.63) is 58.7 Å². The lowest BCUT2D eigenvalue weighted by atomic mass is 10.2.